The highest BCUT2D eigenvalue weighted by Gasteiger charge is 2.15. The predicted octanol–water partition coefficient (Wildman–Crippen LogP) is 5.34. The van der Waals surface area contributed by atoms with Crippen molar-refractivity contribution in [2.75, 3.05) is 5.32 Å². The van der Waals surface area contributed by atoms with Crippen molar-refractivity contribution in [1.82, 2.24) is 4.98 Å². The van der Waals surface area contributed by atoms with Crippen LogP contribution in [0, 0.1) is 0 Å². The molecule has 6 heteroatoms. The van der Waals surface area contributed by atoms with Gasteiger partial charge in [0.05, 0.1) is 10.6 Å². The Morgan fingerprint density at radius 3 is 2.62 bits per heavy atom. The molecule has 0 aliphatic rings. The van der Waals surface area contributed by atoms with Gasteiger partial charge in [-0.3, -0.25) is 9.59 Å². The Labute approximate surface area is 160 Å². The number of pyridine rings is 1. The van der Waals surface area contributed by atoms with E-state index in [2.05, 4.69) is 10.3 Å². The second-order valence-corrected chi connectivity index (χ2v) is 6.92. The number of aromatic nitrogens is 1. The number of amides is 1. The Morgan fingerprint density at radius 2 is 1.85 bits per heavy atom. The largest absolute Gasteiger partial charge is 0.322 e. The molecule has 0 saturated carbocycles. The molecule has 3 rings (SSSR count). The summed E-state index contributed by atoms with van der Waals surface area (Å²) in [6.45, 7) is 1.49. The van der Waals surface area contributed by atoms with Crippen molar-refractivity contribution in [3.05, 3.63) is 83.0 Å². The third-order valence-corrected chi connectivity index (χ3v) is 5.12. The fourth-order valence-electron chi connectivity index (χ4n) is 2.29. The van der Waals surface area contributed by atoms with Gasteiger partial charge in [0.1, 0.15) is 5.03 Å². The first-order chi connectivity index (χ1) is 12.5. The molecule has 3 aromatic rings. The number of carbonyl (C=O) groups is 2. The van der Waals surface area contributed by atoms with E-state index in [0.29, 0.717) is 26.9 Å². The zero-order valence-electron chi connectivity index (χ0n) is 13.9. The van der Waals surface area contributed by atoms with Gasteiger partial charge in [-0.05, 0) is 43.3 Å². The van der Waals surface area contributed by atoms with Crippen LogP contribution >= 0.6 is 23.4 Å². The van der Waals surface area contributed by atoms with Crippen molar-refractivity contribution in [1.29, 1.82) is 0 Å². The Hall–Kier alpha value is -2.63. The monoisotopic (exact) mass is 382 g/mol. The van der Waals surface area contributed by atoms with E-state index in [1.165, 1.54) is 18.7 Å². The summed E-state index contributed by atoms with van der Waals surface area (Å²) in [7, 11) is 0. The fourth-order valence-corrected chi connectivity index (χ4v) is 3.45. The lowest BCUT2D eigenvalue weighted by Gasteiger charge is -2.10. The maximum atomic E-state index is 12.7. The molecule has 26 heavy (non-hydrogen) atoms. The maximum Gasteiger partial charge on any atom is 0.258 e. The average Bonchev–Trinajstić information content (AvgIpc) is 2.64. The van der Waals surface area contributed by atoms with Crippen LogP contribution < -0.4 is 5.32 Å². The second kappa shape index (κ2) is 8.17. The minimum absolute atomic E-state index is 0.0579. The number of benzene rings is 2. The molecule has 0 saturated heterocycles. The van der Waals surface area contributed by atoms with Crippen LogP contribution in [0.25, 0.3) is 0 Å². The number of carbonyl (C=O) groups excluding carboxylic acids is 2. The van der Waals surface area contributed by atoms with E-state index >= 15 is 0 Å². The average molecular weight is 383 g/mol. The van der Waals surface area contributed by atoms with Gasteiger partial charge in [-0.15, -0.1) is 0 Å². The van der Waals surface area contributed by atoms with E-state index in [4.69, 9.17) is 11.6 Å². The van der Waals surface area contributed by atoms with Gasteiger partial charge >= 0.3 is 0 Å². The SMILES string of the molecule is CC(=O)c1cccc(NC(=O)c2cccnc2Sc2ccccc2Cl)c1. The quantitative estimate of drug-likeness (QED) is 0.605. The van der Waals surface area contributed by atoms with Crippen LogP contribution in [0.15, 0.2) is 76.8 Å². The van der Waals surface area contributed by atoms with Crippen molar-refractivity contribution in [3.8, 4) is 0 Å². The molecule has 4 nitrogen and oxygen atoms in total. The summed E-state index contributed by atoms with van der Waals surface area (Å²) in [5.41, 5.74) is 1.53. The van der Waals surface area contributed by atoms with Gasteiger partial charge in [-0.25, -0.2) is 4.98 Å². The van der Waals surface area contributed by atoms with Gasteiger partial charge in [0.25, 0.3) is 5.91 Å². The summed E-state index contributed by atoms with van der Waals surface area (Å²) in [6.07, 6.45) is 1.63. The zero-order valence-corrected chi connectivity index (χ0v) is 15.5. The normalized spacial score (nSPS) is 10.4. The zero-order chi connectivity index (χ0) is 18.5. The summed E-state index contributed by atoms with van der Waals surface area (Å²) < 4.78 is 0. The Balaban J connectivity index is 1.85. The van der Waals surface area contributed by atoms with Crippen molar-refractivity contribution in [2.24, 2.45) is 0 Å². The topological polar surface area (TPSA) is 59.1 Å². The van der Waals surface area contributed by atoms with E-state index in [-0.39, 0.29) is 11.7 Å². The minimum Gasteiger partial charge on any atom is -0.322 e. The summed E-state index contributed by atoms with van der Waals surface area (Å²) >= 11 is 7.53. The number of rotatable bonds is 5. The molecule has 2 aromatic carbocycles. The standard InChI is InChI=1S/C20H15ClN2O2S/c1-13(24)14-6-4-7-15(12-14)23-19(25)16-8-5-11-22-20(16)26-18-10-3-2-9-17(18)21/h2-12H,1H3,(H,23,25). The molecular weight excluding hydrogens is 368 g/mol. The van der Waals surface area contributed by atoms with E-state index in [1.54, 1.807) is 48.7 Å². The van der Waals surface area contributed by atoms with Crippen molar-refractivity contribution >= 4 is 40.7 Å². The number of nitrogens with zero attached hydrogens (tertiary/aromatic N) is 1. The summed E-state index contributed by atoms with van der Waals surface area (Å²) in [4.78, 5) is 29.3. The van der Waals surface area contributed by atoms with Crippen LogP contribution in [0.1, 0.15) is 27.6 Å². The lowest BCUT2D eigenvalue weighted by Crippen LogP contribution is -2.14. The molecule has 0 spiro atoms. The first-order valence-corrected chi connectivity index (χ1v) is 9.04. The molecule has 1 aromatic heterocycles. The molecule has 0 bridgehead atoms. The number of hydrogen-bond donors (Lipinski definition) is 1. The highest BCUT2D eigenvalue weighted by Crippen LogP contribution is 2.33. The Kier molecular flexibility index (Phi) is 5.71. The van der Waals surface area contributed by atoms with Crippen LogP contribution in [0.2, 0.25) is 5.02 Å². The van der Waals surface area contributed by atoms with Gasteiger partial charge in [0.2, 0.25) is 0 Å². The van der Waals surface area contributed by atoms with E-state index in [0.717, 1.165) is 4.90 Å². The maximum absolute atomic E-state index is 12.7. The van der Waals surface area contributed by atoms with E-state index in [1.807, 2.05) is 18.2 Å². The van der Waals surface area contributed by atoms with Gasteiger partial charge in [-0.2, -0.15) is 0 Å². The number of Topliss-reactive ketones (excluding diaryl/α,β-unsaturated/α-hetero) is 1. The predicted molar refractivity (Wildman–Crippen MR) is 104 cm³/mol. The van der Waals surface area contributed by atoms with Gasteiger partial charge in [-0.1, -0.05) is 47.6 Å². The number of nitrogens with one attached hydrogen (secondary N) is 1. The minimum atomic E-state index is -0.298. The highest BCUT2D eigenvalue weighted by molar-refractivity contribution is 7.99. The van der Waals surface area contributed by atoms with Gasteiger partial charge < -0.3 is 5.32 Å². The van der Waals surface area contributed by atoms with Crippen LogP contribution in [-0.4, -0.2) is 16.7 Å². The molecule has 0 aliphatic carbocycles. The summed E-state index contributed by atoms with van der Waals surface area (Å²) in [6, 6.07) is 17.6. The smallest absolute Gasteiger partial charge is 0.258 e. The number of anilines is 1. The lowest BCUT2D eigenvalue weighted by atomic mass is 10.1. The summed E-state index contributed by atoms with van der Waals surface area (Å²) in [5.74, 6) is -0.356. The molecule has 1 amide bonds. The third-order valence-electron chi connectivity index (χ3n) is 3.59. The van der Waals surface area contributed by atoms with Gasteiger partial charge in [0, 0.05) is 22.3 Å². The van der Waals surface area contributed by atoms with Crippen molar-refractivity contribution in [3.63, 3.8) is 0 Å². The van der Waals surface area contributed by atoms with Gasteiger partial charge in [0.15, 0.2) is 5.78 Å². The van der Waals surface area contributed by atoms with Crippen molar-refractivity contribution in [2.45, 2.75) is 16.8 Å². The Morgan fingerprint density at radius 1 is 1.04 bits per heavy atom. The molecule has 1 N–H and O–H groups in total. The first-order valence-electron chi connectivity index (χ1n) is 7.84. The molecule has 1 heterocycles. The highest BCUT2D eigenvalue weighted by atomic mass is 35.5. The lowest BCUT2D eigenvalue weighted by molar-refractivity contribution is 0.101. The molecule has 0 fully saturated rings. The molecule has 0 aliphatic heterocycles. The Bertz CT molecular complexity index is 975. The number of hydrogen-bond acceptors (Lipinski definition) is 4. The molecule has 0 unspecified atom stereocenters. The molecule has 0 radical (unpaired) electrons. The fraction of sp³-hybridized carbons (Fsp3) is 0.0500. The summed E-state index contributed by atoms with van der Waals surface area (Å²) in [5, 5.41) is 3.97. The van der Waals surface area contributed by atoms with Crippen LogP contribution in [0.4, 0.5) is 5.69 Å². The van der Waals surface area contributed by atoms with Crippen LogP contribution in [-0.2, 0) is 0 Å². The van der Waals surface area contributed by atoms with Crippen LogP contribution in [0.3, 0.4) is 0 Å². The number of halogens is 1. The molecule has 130 valence electrons. The molecule has 0 atom stereocenters. The van der Waals surface area contributed by atoms with E-state index in [9.17, 15) is 9.59 Å². The first kappa shape index (κ1) is 18.2. The van der Waals surface area contributed by atoms with Crippen molar-refractivity contribution < 1.29 is 9.59 Å². The molecular formula is C20H15ClN2O2S. The number of ketones is 1. The van der Waals surface area contributed by atoms with E-state index < -0.39 is 0 Å². The van der Waals surface area contributed by atoms with Crippen LogP contribution in [0.5, 0.6) is 0 Å². The third kappa shape index (κ3) is 4.31. The second-order valence-electron chi connectivity index (χ2n) is 5.48.